The number of benzene rings is 1. The minimum Gasteiger partial charge on any atom is -0.386 e. The average molecular weight is 268 g/mol. The molecule has 1 N–H and O–H groups in total. The van der Waals surface area contributed by atoms with E-state index in [1.54, 1.807) is 11.9 Å². The molecule has 0 aliphatic heterocycles. The third-order valence-corrected chi connectivity index (χ3v) is 4.96. The molecule has 0 aliphatic rings. The molecule has 1 rings (SSSR count). The summed E-state index contributed by atoms with van der Waals surface area (Å²) in [6.07, 6.45) is 2.31. The Bertz CT molecular complexity index is 414. The molecule has 0 saturated heterocycles. The average Bonchev–Trinajstić information content (AvgIpc) is 2.38. The van der Waals surface area contributed by atoms with Crippen LogP contribution in [0.15, 0.2) is 42.2 Å². The van der Waals surface area contributed by atoms with E-state index in [4.69, 9.17) is 4.52 Å². The van der Waals surface area contributed by atoms with Crippen LogP contribution in [0.2, 0.25) is 0 Å². The fraction of sp³-hybridized carbons (Fsp3) is 0.429. The first-order valence-corrected chi connectivity index (χ1v) is 8.09. The van der Waals surface area contributed by atoms with Gasteiger partial charge < -0.3 is 9.63 Å². The fourth-order valence-corrected chi connectivity index (χ4v) is 3.52. The molecule has 100 valence electrons. The minimum absolute atomic E-state index is 0.0611. The third-order valence-electron chi connectivity index (χ3n) is 2.55. The fourth-order valence-electron chi connectivity index (χ4n) is 1.69. The van der Waals surface area contributed by atoms with Crippen LogP contribution in [0.3, 0.4) is 0 Å². The number of aliphatic hydroxyl groups is 1. The van der Waals surface area contributed by atoms with E-state index in [1.165, 1.54) is 0 Å². The Morgan fingerprint density at radius 1 is 1.39 bits per heavy atom. The predicted octanol–water partition coefficient (Wildman–Crippen LogP) is 3.96. The van der Waals surface area contributed by atoms with Crippen molar-refractivity contribution in [1.29, 1.82) is 0 Å². The van der Waals surface area contributed by atoms with Crippen LogP contribution in [0.25, 0.3) is 0 Å². The topological polar surface area (TPSA) is 46.5 Å². The smallest absolute Gasteiger partial charge is 0.224 e. The van der Waals surface area contributed by atoms with Gasteiger partial charge in [0.15, 0.2) is 0 Å². The molecule has 0 aliphatic carbocycles. The standard InChI is InChI=1S/C14H21O3P/c1-3-10-18(16,11-4-2)17-12-14(15)13-8-6-5-7-9-13/h3,5-10,14-15H,4,11-12H2,1-2H3/b10-3+. The molecule has 0 aromatic heterocycles. The summed E-state index contributed by atoms with van der Waals surface area (Å²) in [5.74, 6) is 1.62. The van der Waals surface area contributed by atoms with Crippen LogP contribution < -0.4 is 0 Å². The van der Waals surface area contributed by atoms with Crippen LogP contribution in [0.5, 0.6) is 0 Å². The van der Waals surface area contributed by atoms with Crippen molar-refractivity contribution in [2.75, 3.05) is 12.8 Å². The van der Waals surface area contributed by atoms with E-state index >= 15 is 0 Å². The van der Waals surface area contributed by atoms with Gasteiger partial charge in [-0.15, -0.1) is 0 Å². The number of hydrogen-bond acceptors (Lipinski definition) is 3. The maximum absolute atomic E-state index is 12.3. The van der Waals surface area contributed by atoms with E-state index in [2.05, 4.69) is 0 Å². The van der Waals surface area contributed by atoms with E-state index in [0.717, 1.165) is 12.0 Å². The van der Waals surface area contributed by atoms with Gasteiger partial charge in [-0.05, 0) is 24.7 Å². The molecule has 18 heavy (non-hydrogen) atoms. The Labute approximate surface area is 109 Å². The van der Waals surface area contributed by atoms with Gasteiger partial charge in [-0.2, -0.15) is 0 Å². The van der Waals surface area contributed by atoms with Gasteiger partial charge >= 0.3 is 0 Å². The van der Waals surface area contributed by atoms with Crippen LogP contribution in [0, 0.1) is 0 Å². The zero-order chi connectivity index (χ0) is 13.4. The number of rotatable bonds is 7. The Hall–Kier alpha value is -0.890. The third kappa shape index (κ3) is 4.77. The Morgan fingerprint density at radius 3 is 2.61 bits per heavy atom. The second kappa shape index (κ2) is 7.52. The molecule has 1 aromatic carbocycles. The lowest BCUT2D eigenvalue weighted by Gasteiger charge is -2.17. The van der Waals surface area contributed by atoms with Gasteiger partial charge in [0.05, 0.1) is 6.61 Å². The monoisotopic (exact) mass is 268 g/mol. The first kappa shape index (κ1) is 15.2. The quantitative estimate of drug-likeness (QED) is 0.761. The SMILES string of the molecule is C/C=C/P(=O)(CCC)OCC(O)c1ccccc1. The maximum atomic E-state index is 12.3. The Kier molecular flexibility index (Phi) is 6.34. The summed E-state index contributed by atoms with van der Waals surface area (Å²) in [6.45, 7) is 3.85. The molecule has 0 amide bonds. The van der Waals surface area contributed by atoms with Crippen LogP contribution in [-0.2, 0) is 9.09 Å². The normalized spacial score (nSPS) is 16.6. The van der Waals surface area contributed by atoms with Crippen molar-refractivity contribution < 1.29 is 14.2 Å². The van der Waals surface area contributed by atoms with Crippen molar-refractivity contribution in [2.24, 2.45) is 0 Å². The van der Waals surface area contributed by atoms with E-state index < -0.39 is 13.5 Å². The molecule has 0 spiro atoms. The van der Waals surface area contributed by atoms with Gasteiger partial charge in [-0.3, -0.25) is 4.57 Å². The lowest BCUT2D eigenvalue weighted by atomic mass is 10.1. The van der Waals surface area contributed by atoms with Gasteiger partial charge in [0.1, 0.15) is 6.10 Å². The zero-order valence-corrected chi connectivity index (χ0v) is 11.8. The highest BCUT2D eigenvalue weighted by Crippen LogP contribution is 2.49. The van der Waals surface area contributed by atoms with Crippen LogP contribution >= 0.6 is 7.37 Å². The summed E-state index contributed by atoms with van der Waals surface area (Å²) >= 11 is 0. The predicted molar refractivity (Wildman–Crippen MR) is 74.9 cm³/mol. The second-order valence-corrected chi connectivity index (χ2v) is 6.61. The van der Waals surface area contributed by atoms with Crippen molar-refractivity contribution in [2.45, 2.75) is 26.4 Å². The molecule has 4 heteroatoms. The van der Waals surface area contributed by atoms with Crippen molar-refractivity contribution in [3.05, 3.63) is 47.8 Å². The number of aliphatic hydroxyl groups excluding tert-OH is 1. The van der Waals surface area contributed by atoms with Gasteiger partial charge in [-0.25, -0.2) is 0 Å². The highest BCUT2D eigenvalue weighted by molar-refractivity contribution is 7.62. The molecule has 2 atom stereocenters. The first-order valence-electron chi connectivity index (χ1n) is 6.21. The summed E-state index contributed by atoms with van der Waals surface area (Å²) in [6, 6.07) is 9.26. The van der Waals surface area contributed by atoms with E-state index in [0.29, 0.717) is 6.16 Å². The van der Waals surface area contributed by atoms with Crippen molar-refractivity contribution >= 4 is 7.37 Å². The van der Waals surface area contributed by atoms with E-state index in [9.17, 15) is 9.67 Å². The van der Waals surface area contributed by atoms with E-state index in [1.807, 2.05) is 44.2 Å². The summed E-state index contributed by atoms with van der Waals surface area (Å²) in [5, 5.41) is 9.95. The second-order valence-electron chi connectivity index (χ2n) is 4.15. The maximum Gasteiger partial charge on any atom is 0.224 e. The summed E-state index contributed by atoms with van der Waals surface area (Å²) in [5.41, 5.74) is 0.779. The largest absolute Gasteiger partial charge is 0.386 e. The minimum atomic E-state index is -2.73. The van der Waals surface area contributed by atoms with Gasteiger partial charge in [-0.1, -0.05) is 43.3 Å². The summed E-state index contributed by atoms with van der Waals surface area (Å²) in [4.78, 5) is 0. The summed E-state index contributed by atoms with van der Waals surface area (Å²) in [7, 11) is -2.73. The number of hydrogen-bond donors (Lipinski definition) is 1. The molecule has 0 radical (unpaired) electrons. The molecule has 3 nitrogen and oxygen atoms in total. The van der Waals surface area contributed by atoms with Crippen molar-refractivity contribution in [3.8, 4) is 0 Å². The van der Waals surface area contributed by atoms with Crippen molar-refractivity contribution in [1.82, 2.24) is 0 Å². The van der Waals surface area contributed by atoms with Gasteiger partial charge in [0.25, 0.3) is 0 Å². The lowest BCUT2D eigenvalue weighted by molar-refractivity contribution is 0.110. The molecule has 0 fully saturated rings. The molecule has 0 bridgehead atoms. The lowest BCUT2D eigenvalue weighted by Crippen LogP contribution is -2.06. The van der Waals surface area contributed by atoms with Gasteiger partial charge in [0.2, 0.25) is 7.37 Å². The molecule has 1 aromatic rings. The van der Waals surface area contributed by atoms with Crippen LogP contribution in [0.4, 0.5) is 0 Å². The Balaban J connectivity index is 2.60. The molecular weight excluding hydrogens is 247 g/mol. The summed E-state index contributed by atoms with van der Waals surface area (Å²) < 4.78 is 17.8. The highest BCUT2D eigenvalue weighted by Gasteiger charge is 2.20. The molecule has 0 saturated carbocycles. The van der Waals surface area contributed by atoms with Crippen LogP contribution in [-0.4, -0.2) is 17.9 Å². The molecule has 0 heterocycles. The van der Waals surface area contributed by atoms with E-state index in [-0.39, 0.29) is 6.61 Å². The highest BCUT2D eigenvalue weighted by atomic mass is 31.2. The Morgan fingerprint density at radius 2 is 2.06 bits per heavy atom. The zero-order valence-electron chi connectivity index (χ0n) is 11.0. The number of allylic oxidation sites excluding steroid dienone is 1. The molecular formula is C14H21O3P. The van der Waals surface area contributed by atoms with Crippen molar-refractivity contribution in [3.63, 3.8) is 0 Å². The van der Waals surface area contributed by atoms with Crippen LogP contribution in [0.1, 0.15) is 31.9 Å². The first-order chi connectivity index (χ1) is 8.61. The van der Waals surface area contributed by atoms with Gasteiger partial charge in [0, 0.05) is 6.16 Å². The molecule has 2 unspecified atom stereocenters.